The highest BCUT2D eigenvalue weighted by molar-refractivity contribution is 5.96. The van der Waals surface area contributed by atoms with Crippen LogP contribution in [0, 0.1) is 0 Å². The third-order valence-corrected chi connectivity index (χ3v) is 3.54. The van der Waals surface area contributed by atoms with Gasteiger partial charge in [0.2, 0.25) is 0 Å². The Bertz CT molecular complexity index is 770. The second kappa shape index (κ2) is 7.97. The highest BCUT2D eigenvalue weighted by atomic mass is 16.5. The number of aryl methyl sites for hydroxylation is 1. The summed E-state index contributed by atoms with van der Waals surface area (Å²) in [5.41, 5.74) is 0.531. The maximum atomic E-state index is 12.4. The quantitative estimate of drug-likeness (QED) is 0.678. The predicted octanol–water partition coefficient (Wildman–Crippen LogP) is 3.50. The van der Waals surface area contributed by atoms with Crippen molar-refractivity contribution in [3.8, 4) is 11.5 Å². The molecule has 2 aromatic carbocycles. The summed E-state index contributed by atoms with van der Waals surface area (Å²) >= 11 is 0. The highest BCUT2D eigenvalue weighted by Crippen LogP contribution is 2.24. The second-order valence-corrected chi connectivity index (χ2v) is 5.32. The van der Waals surface area contributed by atoms with Crippen LogP contribution in [0.1, 0.15) is 16.8 Å². The van der Waals surface area contributed by atoms with Crippen LogP contribution in [0.5, 0.6) is 11.5 Å². The lowest BCUT2D eigenvalue weighted by atomic mass is 10.2. The summed E-state index contributed by atoms with van der Waals surface area (Å²) in [7, 11) is 0. The van der Waals surface area contributed by atoms with E-state index in [1.165, 1.54) is 0 Å². The van der Waals surface area contributed by atoms with Crippen LogP contribution in [-0.2, 0) is 6.54 Å². The summed E-state index contributed by atoms with van der Waals surface area (Å²) in [5, 5.41) is 2.93. The molecule has 122 valence electrons. The summed E-state index contributed by atoms with van der Waals surface area (Å²) < 4.78 is 7.81. The molecule has 1 heterocycles. The first-order valence-electron chi connectivity index (χ1n) is 7.89. The molecule has 0 radical (unpaired) electrons. The number of benzene rings is 2. The molecule has 0 saturated carbocycles. The number of carbonyl (C=O) groups excluding carboxylic acids is 1. The van der Waals surface area contributed by atoms with Crippen molar-refractivity contribution in [2.75, 3.05) is 6.54 Å². The van der Waals surface area contributed by atoms with Gasteiger partial charge in [0.25, 0.3) is 5.91 Å². The Morgan fingerprint density at radius 2 is 1.88 bits per heavy atom. The molecule has 0 fully saturated rings. The summed E-state index contributed by atoms with van der Waals surface area (Å²) in [5.74, 6) is 1.13. The van der Waals surface area contributed by atoms with E-state index in [0.29, 0.717) is 23.6 Å². The normalized spacial score (nSPS) is 10.3. The summed E-state index contributed by atoms with van der Waals surface area (Å²) in [6, 6.07) is 16.7. The molecule has 3 rings (SSSR count). The molecule has 1 N–H and O–H groups in total. The number of nitrogens with zero attached hydrogens (tertiary/aromatic N) is 2. The molecule has 3 aromatic rings. The first-order chi connectivity index (χ1) is 11.8. The number of carbonyl (C=O) groups is 1. The average molecular weight is 321 g/mol. The Hall–Kier alpha value is -3.08. The van der Waals surface area contributed by atoms with E-state index in [-0.39, 0.29) is 5.91 Å². The van der Waals surface area contributed by atoms with Crippen LogP contribution in [0.2, 0.25) is 0 Å². The number of imidazole rings is 1. The van der Waals surface area contributed by atoms with Crippen molar-refractivity contribution in [2.45, 2.75) is 13.0 Å². The van der Waals surface area contributed by atoms with Crippen molar-refractivity contribution < 1.29 is 9.53 Å². The number of nitrogens with one attached hydrogen (secondary N) is 1. The monoisotopic (exact) mass is 321 g/mol. The Kier molecular flexibility index (Phi) is 5.24. The van der Waals surface area contributed by atoms with Crippen LogP contribution in [0.4, 0.5) is 0 Å². The van der Waals surface area contributed by atoms with Crippen molar-refractivity contribution in [1.82, 2.24) is 14.9 Å². The van der Waals surface area contributed by atoms with Gasteiger partial charge in [-0.1, -0.05) is 30.3 Å². The lowest BCUT2D eigenvalue weighted by molar-refractivity contribution is 0.0950. The Labute approximate surface area is 140 Å². The van der Waals surface area contributed by atoms with Crippen LogP contribution >= 0.6 is 0 Å². The standard InChI is InChI=1S/C19H19N3O2/c23-19(21-11-6-13-22-14-12-20-15-22)17-9-4-5-10-18(17)24-16-7-2-1-3-8-16/h1-5,7-10,12,14-15H,6,11,13H2,(H,21,23). The van der Waals surface area contributed by atoms with Crippen LogP contribution in [0.25, 0.3) is 0 Å². The molecule has 24 heavy (non-hydrogen) atoms. The van der Waals surface area contributed by atoms with E-state index < -0.39 is 0 Å². The van der Waals surface area contributed by atoms with Gasteiger partial charge in [-0.15, -0.1) is 0 Å². The van der Waals surface area contributed by atoms with Gasteiger partial charge in [0, 0.05) is 25.5 Å². The first-order valence-corrected chi connectivity index (χ1v) is 7.89. The number of hydrogen-bond acceptors (Lipinski definition) is 3. The van der Waals surface area contributed by atoms with E-state index in [9.17, 15) is 4.79 Å². The predicted molar refractivity (Wildman–Crippen MR) is 92.1 cm³/mol. The van der Waals surface area contributed by atoms with Crippen LogP contribution < -0.4 is 10.1 Å². The fourth-order valence-electron chi connectivity index (χ4n) is 2.34. The van der Waals surface area contributed by atoms with Gasteiger partial charge in [0.1, 0.15) is 11.5 Å². The molecule has 1 aromatic heterocycles. The van der Waals surface area contributed by atoms with Crippen molar-refractivity contribution in [3.63, 3.8) is 0 Å². The van der Waals surface area contributed by atoms with E-state index in [2.05, 4.69) is 10.3 Å². The SMILES string of the molecule is O=C(NCCCn1ccnc1)c1ccccc1Oc1ccccc1. The third kappa shape index (κ3) is 4.23. The molecule has 0 spiro atoms. The molecular formula is C19H19N3O2. The molecule has 0 atom stereocenters. The third-order valence-electron chi connectivity index (χ3n) is 3.54. The molecule has 5 nitrogen and oxygen atoms in total. The number of aromatic nitrogens is 2. The van der Waals surface area contributed by atoms with Crippen molar-refractivity contribution in [1.29, 1.82) is 0 Å². The Balaban J connectivity index is 1.58. The van der Waals surface area contributed by atoms with Gasteiger partial charge in [-0.25, -0.2) is 4.98 Å². The largest absolute Gasteiger partial charge is 0.457 e. The van der Waals surface area contributed by atoms with E-state index in [1.54, 1.807) is 24.7 Å². The number of para-hydroxylation sites is 2. The van der Waals surface area contributed by atoms with Crippen LogP contribution in [0.3, 0.4) is 0 Å². The lowest BCUT2D eigenvalue weighted by Crippen LogP contribution is -2.25. The van der Waals surface area contributed by atoms with Gasteiger partial charge >= 0.3 is 0 Å². The molecule has 0 aliphatic rings. The minimum absolute atomic E-state index is 0.132. The van der Waals surface area contributed by atoms with Crippen molar-refractivity contribution in [3.05, 3.63) is 78.9 Å². The van der Waals surface area contributed by atoms with Crippen LogP contribution in [0.15, 0.2) is 73.3 Å². The van der Waals surface area contributed by atoms with Gasteiger partial charge in [-0.2, -0.15) is 0 Å². The van der Waals surface area contributed by atoms with Crippen LogP contribution in [-0.4, -0.2) is 22.0 Å². The maximum absolute atomic E-state index is 12.4. The molecule has 0 aliphatic heterocycles. The zero-order valence-electron chi connectivity index (χ0n) is 13.3. The topological polar surface area (TPSA) is 56.2 Å². The number of hydrogen-bond donors (Lipinski definition) is 1. The smallest absolute Gasteiger partial charge is 0.255 e. The second-order valence-electron chi connectivity index (χ2n) is 5.32. The van der Waals surface area contributed by atoms with E-state index >= 15 is 0 Å². The molecule has 0 saturated heterocycles. The van der Waals surface area contributed by atoms with E-state index in [4.69, 9.17) is 4.74 Å². The van der Waals surface area contributed by atoms with E-state index in [1.807, 2.05) is 53.2 Å². The zero-order chi connectivity index (χ0) is 16.6. The van der Waals surface area contributed by atoms with Crippen molar-refractivity contribution >= 4 is 5.91 Å². The molecule has 1 amide bonds. The Morgan fingerprint density at radius 3 is 2.67 bits per heavy atom. The van der Waals surface area contributed by atoms with Gasteiger partial charge in [0.15, 0.2) is 0 Å². The molecule has 0 bridgehead atoms. The van der Waals surface area contributed by atoms with Gasteiger partial charge < -0.3 is 14.6 Å². The average Bonchev–Trinajstić information content (AvgIpc) is 3.13. The molecule has 0 unspecified atom stereocenters. The number of rotatable bonds is 7. The fourth-order valence-corrected chi connectivity index (χ4v) is 2.34. The summed E-state index contributed by atoms with van der Waals surface area (Å²) in [6.45, 7) is 1.42. The number of ether oxygens (including phenoxy) is 1. The number of amides is 1. The van der Waals surface area contributed by atoms with Crippen molar-refractivity contribution in [2.24, 2.45) is 0 Å². The minimum Gasteiger partial charge on any atom is -0.457 e. The zero-order valence-corrected chi connectivity index (χ0v) is 13.3. The minimum atomic E-state index is -0.132. The maximum Gasteiger partial charge on any atom is 0.255 e. The molecular weight excluding hydrogens is 302 g/mol. The summed E-state index contributed by atoms with van der Waals surface area (Å²) in [6.07, 6.45) is 6.26. The molecule has 0 aliphatic carbocycles. The summed E-state index contributed by atoms with van der Waals surface area (Å²) in [4.78, 5) is 16.4. The lowest BCUT2D eigenvalue weighted by Gasteiger charge is -2.11. The van der Waals surface area contributed by atoms with Gasteiger partial charge in [-0.05, 0) is 30.7 Å². The highest BCUT2D eigenvalue weighted by Gasteiger charge is 2.12. The first kappa shape index (κ1) is 15.8. The van der Waals surface area contributed by atoms with E-state index in [0.717, 1.165) is 13.0 Å². The Morgan fingerprint density at radius 1 is 1.08 bits per heavy atom. The van der Waals surface area contributed by atoms with Gasteiger partial charge in [-0.3, -0.25) is 4.79 Å². The fraction of sp³-hybridized carbons (Fsp3) is 0.158. The molecule has 5 heteroatoms. The van der Waals surface area contributed by atoms with Gasteiger partial charge in [0.05, 0.1) is 11.9 Å².